The first kappa shape index (κ1) is 37.8. The van der Waals surface area contributed by atoms with Gasteiger partial charge in [-0.1, -0.05) is 65.2 Å². The summed E-state index contributed by atoms with van der Waals surface area (Å²) in [5.74, 6) is 0. The first-order valence-corrected chi connectivity index (χ1v) is 21.1. The van der Waals surface area contributed by atoms with Crippen LogP contribution in [0.1, 0.15) is 72.8 Å². The fourth-order valence-electron chi connectivity index (χ4n) is 9.64. The van der Waals surface area contributed by atoms with Gasteiger partial charge in [0.25, 0.3) is 0 Å². The van der Waals surface area contributed by atoms with E-state index in [1.807, 2.05) is 0 Å². The van der Waals surface area contributed by atoms with E-state index in [4.69, 9.17) is 9.97 Å². The maximum Gasteiger partial charge on any atom is 0.0738 e. The lowest BCUT2D eigenvalue weighted by atomic mass is 9.92. The summed E-state index contributed by atoms with van der Waals surface area (Å²) in [7, 11) is 0. The van der Waals surface area contributed by atoms with Crippen molar-refractivity contribution in [1.82, 2.24) is 19.9 Å². The molecule has 2 aliphatic heterocycles. The van der Waals surface area contributed by atoms with Crippen LogP contribution in [-0.2, 0) is 0 Å². The molecule has 0 saturated carbocycles. The third-order valence-corrected chi connectivity index (χ3v) is 12.4. The quantitative estimate of drug-likeness (QED) is 0.173. The van der Waals surface area contributed by atoms with E-state index in [0.717, 1.165) is 72.7 Å². The van der Waals surface area contributed by atoms with Crippen LogP contribution in [-0.4, -0.2) is 19.9 Å². The minimum atomic E-state index is 0.893. The lowest BCUT2D eigenvalue weighted by Crippen LogP contribution is -1.95. The largest absolute Gasteiger partial charge is 0.354 e. The minimum absolute atomic E-state index is 0.893. The number of H-pyrrole nitrogens is 2. The van der Waals surface area contributed by atoms with Crippen LogP contribution in [0.2, 0.25) is 0 Å². The first-order valence-electron chi connectivity index (χ1n) is 20.0. The van der Waals surface area contributed by atoms with Gasteiger partial charge in [-0.2, -0.15) is 0 Å². The van der Waals surface area contributed by atoms with Gasteiger partial charge in [0.2, 0.25) is 0 Å². The Hall–Kier alpha value is -5.79. The molecule has 4 aromatic carbocycles. The standard InChI is InChI=1S/C53H47IN4/c1-28-22-31(4)47(32(5)23-28)51-41-16-14-39(55-41)50(37-10-12-38(54)13-11-37)40-15-17-42(56-40)52(48-33(6)24-29(2)25-34(48)7)44-19-21-46(58-44)53(45-20-18-43(51)57-45)49-35(8)26-30(3)27-36(49)9/h10-27,57-58H,1-9H3/i50+1. The van der Waals surface area contributed by atoms with Crippen LogP contribution in [0.25, 0.3) is 90.9 Å². The Labute approximate surface area is 355 Å². The highest BCUT2D eigenvalue weighted by atomic mass is 127. The molecule has 0 saturated heterocycles. The number of aromatic amines is 2. The number of rotatable bonds is 4. The highest BCUT2D eigenvalue weighted by molar-refractivity contribution is 14.1. The number of nitrogens with one attached hydrogen (secondary N) is 2. The molecule has 0 aliphatic carbocycles. The second-order valence-corrected chi connectivity index (χ2v) is 17.6. The Morgan fingerprint density at radius 2 is 0.638 bits per heavy atom. The summed E-state index contributed by atoms with van der Waals surface area (Å²) in [5, 5.41) is 0. The topological polar surface area (TPSA) is 57.4 Å². The number of hydrogen-bond donors (Lipinski definition) is 2. The lowest BCUT2D eigenvalue weighted by Gasteiger charge is -2.14. The normalized spacial score (nSPS) is 12.2. The monoisotopic (exact) mass is 867 g/mol. The molecule has 58 heavy (non-hydrogen) atoms. The summed E-state index contributed by atoms with van der Waals surface area (Å²) in [6.45, 7) is 19.9. The average Bonchev–Trinajstić information content (AvgIpc) is 3.99. The molecule has 0 spiro atoms. The molecular formula is C53H47IN4. The van der Waals surface area contributed by atoms with Gasteiger partial charge in [-0.15, -0.1) is 0 Å². The van der Waals surface area contributed by atoms with Gasteiger partial charge in [-0.3, -0.25) is 0 Å². The molecule has 2 aliphatic rings. The van der Waals surface area contributed by atoms with E-state index in [1.165, 1.54) is 70.3 Å². The van der Waals surface area contributed by atoms with Crippen molar-refractivity contribution in [2.45, 2.75) is 62.3 Å². The first-order chi connectivity index (χ1) is 27.8. The van der Waals surface area contributed by atoms with Gasteiger partial charge in [-0.05, 0) is 201 Å². The van der Waals surface area contributed by atoms with Crippen LogP contribution in [0, 0.1) is 65.9 Å². The molecule has 0 atom stereocenters. The van der Waals surface area contributed by atoms with E-state index in [9.17, 15) is 0 Å². The second kappa shape index (κ2) is 14.5. The summed E-state index contributed by atoms with van der Waals surface area (Å²) in [6, 6.07) is 31.4. The van der Waals surface area contributed by atoms with Gasteiger partial charge >= 0.3 is 0 Å². The molecule has 0 unspecified atom stereocenters. The molecule has 8 bridgehead atoms. The van der Waals surface area contributed by atoms with E-state index >= 15 is 0 Å². The molecule has 4 nitrogen and oxygen atoms in total. The van der Waals surface area contributed by atoms with Gasteiger partial charge in [0.1, 0.15) is 0 Å². The van der Waals surface area contributed by atoms with E-state index in [0.29, 0.717) is 0 Å². The van der Waals surface area contributed by atoms with Crippen molar-refractivity contribution in [1.29, 1.82) is 0 Å². The number of aromatic nitrogens is 4. The van der Waals surface area contributed by atoms with Crippen molar-refractivity contribution < 1.29 is 0 Å². The molecule has 2 N–H and O–H groups in total. The number of nitrogens with zero attached hydrogens (tertiary/aromatic N) is 2. The summed E-state index contributed by atoms with van der Waals surface area (Å²) < 4.78 is 1.18. The van der Waals surface area contributed by atoms with Gasteiger partial charge in [0.15, 0.2) is 0 Å². The Kier molecular flexibility index (Phi) is 9.47. The summed E-state index contributed by atoms with van der Waals surface area (Å²) in [6.07, 6.45) is 8.71. The zero-order valence-corrected chi connectivity index (χ0v) is 36.8. The molecular weight excluding hydrogens is 821 g/mol. The molecule has 3 aromatic heterocycles. The third kappa shape index (κ3) is 6.55. The summed E-state index contributed by atoms with van der Waals surface area (Å²) in [4.78, 5) is 19.0. The smallest absolute Gasteiger partial charge is 0.0738 e. The fraction of sp³-hybridized carbons (Fsp3) is 0.170. The molecule has 7 aromatic rings. The Balaban J connectivity index is 1.53. The number of halogens is 1. The molecule has 0 fully saturated rings. The maximum atomic E-state index is 5.54. The van der Waals surface area contributed by atoms with Crippen LogP contribution < -0.4 is 0 Å². The lowest BCUT2D eigenvalue weighted by molar-refractivity contribution is 1.26. The molecule has 5 heteroatoms. The summed E-state index contributed by atoms with van der Waals surface area (Å²) in [5.41, 5.74) is 27.9. The van der Waals surface area contributed by atoms with Gasteiger partial charge in [0, 0.05) is 47.9 Å². The van der Waals surface area contributed by atoms with Gasteiger partial charge in [0.05, 0.1) is 22.8 Å². The predicted molar refractivity (Wildman–Crippen MR) is 256 cm³/mol. The van der Waals surface area contributed by atoms with Crippen molar-refractivity contribution in [3.05, 3.63) is 161 Å². The number of hydrogen-bond acceptors (Lipinski definition) is 2. The van der Waals surface area contributed by atoms with Gasteiger partial charge in [-0.25, -0.2) is 9.97 Å². The van der Waals surface area contributed by atoms with Crippen LogP contribution >= 0.6 is 22.6 Å². The van der Waals surface area contributed by atoms with Crippen LogP contribution in [0.5, 0.6) is 0 Å². The molecule has 9 rings (SSSR count). The zero-order valence-electron chi connectivity index (χ0n) is 34.7. The molecule has 286 valence electrons. The van der Waals surface area contributed by atoms with E-state index < -0.39 is 0 Å². The minimum Gasteiger partial charge on any atom is -0.354 e. The zero-order chi connectivity index (χ0) is 40.6. The number of benzene rings is 4. The van der Waals surface area contributed by atoms with Crippen molar-refractivity contribution in [2.24, 2.45) is 0 Å². The van der Waals surface area contributed by atoms with Gasteiger partial charge < -0.3 is 9.97 Å². The second-order valence-electron chi connectivity index (χ2n) is 16.3. The molecule has 0 amide bonds. The fourth-order valence-corrected chi connectivity index (χ4v) is 10.00. The van der Waals surface area contributed by atoms with Crippen molar-refractivity contribution in [3.8, 4) is 44.5 Å². The van der Waals surface area contributed by atoms with E-state index in [-0.39, 0.29) is 0 Å². The van der Waals surface area contributed by atoms with E-state index in [1.54, 1.807) is 0 Å². The highest BCUT2D eigenvalue weighted by Crippen LogP contribution is 2.42. The highest BCUT2D eigenvalue weighted by Gasteiger charge is 2.22. The number of fused-ring (bicyclic) bond motifs is 8. The van der Waals surface area contributed by atoms with E-state index in [2.05, 4.69) is 204 Å². The van der Waals surface area contributed by atoms with Crippen LogP contribution in [0.3, 0.4) is 0 Å². The molecule has 5 heterocycles. The van der Waals surface area contributed by atoms with Crippen LogP contribution in [0.15, 0.2) is 84.9 Å². The Bertz CT molecular complexity index is 2870. The Morgan fingerprint density at radius 3 is 0.983 bits per heavy atom. The predicted octanol–water partition coefficient (Wildman–Crippen LogP) is 14.7. The average molecular weight is 868 g/mol. The summed E-state index contributed by atoms with van der Waals surface area (Å²) >= 11 is 2.38. The number of aryl methyl sites for hydroxylation is 9. The maximum absolute atomic E-state index is 5.54. The van der Waals surface area contributed by atoms with Crippen molar-refractivity contribution in [2.75, 3.05) is 0 Å². The Morgan fingerprint density at radius 1 is 0.345 bits per heavy atom. The molecule has 0 radical (unpaired) electrons. The van der Waals surface area contributed by atoms with Crippen molar-refractivity contribution >= 4 is 69.0 Å². The SMILES string of the molecule is Cc1cc(C)c(-c2c3nc([13c](-c4ccc(I)cc4)c4nc(c(-c5c(C)cc(C)cc5C)c5ccc([nH]5)c(-c5c(C)cc(C)cc5C)c5ccc2[nH]5)C=C4)C=C3)c(C)c1. The van der Waals surface area contributed by atoms with Crippen LogP contribution in [0.4, 0.5) is 0 Å². The van der Waals surface area contributed by atoms with Crippen molar-refractivity contribution in [3.63, 3.8) is 0 Å². The third-order valence-electron chi connectivity index (χ3n) is 11.7.